The number of hydrogen-bond acceptors (Lipinski definition) is 5. The van der Waals surface area contributed by atoms with Crippen molar-refractivity contribution in [3.05, 3.63) is 71.8 Å². The van der Waals surface area contributed by atoms with E-state index in [1.54, 1.807) is 6.07 Å². The second-order valence-corrected chi connectivity index (χ2v) is 9.82. The molecule has 3 N–H and O–H groups in total. The summed E-state index contributed by atoms with van der Waals surface area (Å²) in [7, 11) is 0. The highest BCUT2D eigenvalue weighted by Gasteiger charge is 2.18. The molecule has 35 heavy (non-hydrogen) atoms. The molecule has 3 aromatic carbocycles. The topological polar surface area (TPSA) is 86.4 Å². The SMILES string of the molecule is O=C(NCCNCc1ccc2ccccc2c1)c1ccc2nc(NC(=O)N3CCCCC3)sc2c1. The van der Waals surface area contributed by atoms with E-state index < -0.39 is 0 Å². The maximum absolute atomic E-state index is 12.6. The second kappa shape index (κ2) is 10.8. The second-order valence-electron chi connectivity index (χ2n) is 8.79. The van der Waals surface area contributed by atoms with Crippen LogP contribution in [0.1, 0.15) is 35.2 Å². The fourth-order valence-electron chi connectivity index (χ4n) is 4.33. The average Bonchev–Trinajstić information content (AvgIpc) is 3.30. The molecule has 0 unspecified atom stereocenters. The smallest absolute Gasteiger partial charge is 0.323 e. The minimum atomic E-state index is -0.119. The summed E-state index contributed by atoms with van der Waals surface area (Å²) < 4.78 is 0.876. The van der Waals surface area contributed by atoms with Gasteiger partial charge in [0.25, 0.3) is 5.91 Å². The van der Waals surface area contributed by atoms with Crippen LogP contribution in [0.4, 0.5) is 9.93 Å². The zero-order valence-corrected chi connectivity index (χ0v) is 20.4. The summed E-state index contributed by atoms with van der Waals surface area (Å²) in [4.78, 5) is 31.4. The van der Waals surface area contributed by atoms with E-state index in [4.69, 9.17) is 0 Å². The number of carbonyl (C=O) groups is 2. The molecule has 4 aromatic rings. The van der Waals surface area contributed by atoms with Crippen molar-refractivity contribution >= 4 is 49.4 Å². The largest absolute Gasteiger partial charge is 0.351 e. The Balaban J connectivity index is 1.10. The Labute approximate surface area is 208 Å². The zero-order chi connectivity index (χ0) is 24.0. The molecule has 1 saturated heterocycles. The lowest BCUT2D eigenvalue weighted by Crippen LogP contribution is -2.38. The molecule has 2 heterocycles. The van der Waals surface area contributed by atoms with Crippen molar-refractivity contribution in [3.8, 4) is 0 Å². The summed E-state index contributed by atoms with van der Waals surface area (Å²) in [6.45, 7) is 3.54. The summed E-state index contributed by atoms with van der Waals surface area (Å²) in [6.07, 6.45) is 3.27. The van der Waals surface area contributed by atoms with E-state index in [0.717, 1.165) is 42.7 Å². The van der Waals surface area contributed by atoms with E-state index in [2.05, 4.69) is 51.3 Å². The van der Waals surface area contributed by atoms with Crippen LogP contribution in [0, 0.1) is 0 Å². The molecule has 0 atom stereocenters. The number of likely N-dealkylation sites (tertiary alicyclic amines) is 1. The van der Waals surface area contributed by atoms with E-state index in [1.165, 1.54) is 34.1 Å². The minimum Gasteiger partial charge on any atom is -0.351 e. The molecular weight excluding hydrogens is 458 g/mol. The number of aromatic nitrogens is 1. The quantitative estimate of drug-likeness (QED) is 0.321. The first kappa shape index (κ1) is 23.3. The van der Waals surface area contributed by atoms with Gasteiger partial charge in [-0.25, -0.2) is 9.78 Å². The number of urea groups is 1. The van der Waals surface area contributed by atoms with Crippen molar-refractivity contribution in [2.24, 2.45) is 0 Å². The number of thiazole rings is 1. The Morgan fingerprint density at radius 3 is 2.60 bits per heavy atom. The zero-order valence-electron chi connectivity index (χ0n) is 19.5. The third-order valence-corrected chi connectivity index (χ3v) is 7.17. The Morgan fingerprint density at radius 2 is 1.74 bits per heavy atom. The van der Waals surface area contributed by atoms with Crippen LogP contribution >= 0.6 is 11.3 Å². The number of anilines is 1. The van der Waals surface area contributed by atoms with Crippen molar-refractivity contribution in [1.29, 1.82) is 0 Å². The molecule has 0 radical (unpaired) electrons. The number of fused-ring (bicyclic) bond motifs is 2. The molecule has 0 saturated carbocycles. The maximum atomic E-state index is 12.6. The number of nitrogens with zero attached hydrogens (tertiary/aromatic N) is 2. The molecule has 7 nitrogen and oxygen atoms in total. The van der Waals surface area contributed by atoms with Gasteiger partial charge in [-0.05, 0) is 59.9 Å². The molecule has 8 heteroatoms. The Kier molecular flexibility index (Phi) is 7.20. The van der Waals surface area contributed by atoms with Crippen LogP contribution in [0.3, 0.4) is 0 Å². The number of amides is 3. The van der Waals surface area contributed by atoms with Crippen molar-refractivity contribution in [2.45, 2.75) is 25.8 Å². The Hall–Kier alpha value is -3.49. The van der Waals surface area contributed by atoms with Gasteiger partial charge in [0.15, 0.2) is 5.13 Å². The molecule has 1 aliphatic rings. The van der Waals surface area contributed by atoms with Gasteiger partial charge < -0.3 is 15.5 Å². The molecule has 0 bridgehead atoms. The first-order chi connectivity index (χ1) is 17.2. The van der Waals surface area contributed by atoms with E-state index in [9.17, 15) is 9.59 Å². The first-order valence-corrected chi connectivity index (χ1v) is 12.9. The fraction of sp³-hybridized carbons (Fsp3) is 0.296. The molecule has 1 aromatic heterocycles. The number of hydrogen-bond donors (Lipinski definition) is 3. The molecule has 1 fully saturated rings. The lowest BCUT2D eigenvalue weighted by molar-refractivity contribution is 0.0954. The minimum absolute atomic E-state index is 0.0992. The number of piperidine rings is 1. The molecule has 0 aliphatic carbocycles. The third-order valence-electron chi connectivity index (χ3n) is 6.24. The standard InChI is InChI=1S/C27H29N5O2S/c33-25(29-13-12-28-18-19-8-9-20-6-2-3-7-21(20)16-19)22-10-11-23-24(17-22)35-26(30-23)31-27(34)32-14-4-1-5-15-32/h2-3,6-11,16-17,28H,1,4-5,12-15,18H2,(H,29,33)(H,30,31,34). The van der Waals surface area contributed by atoms with Gasteiger partial charge >= 0.3 is 6.03 Å². The van der Waals surface area contributed by atoms with Crippen molar-refractivity contribution in [1.82, 2.24) is 20.5 Å². The van der Waals surface area contributed by atoms with Crippen molar-refractivity contribution < 1.29 is 9.59 Å². The van der Waals surface area contributed by atoms with Crippen LogP contribution in [0.25, 0.3) is 21.0 Å². The summed E-state index contributed by atoms with van der Waals surface area (Å²) in [5.74, 6) is -0.119. The van der Waals surface area contributed by atoms with Gasteiger partial charge in [0.05, 0.1) is 10.2 Å². The highest BCUT2D eigenvalue weighted by Crippen LogP contribution is 2.27. The number of rotatable bonds is 7. The Morgan fingerprint density at radius 1 is 0.914 bits per heavy atom. The highest BCUT2D eigenvalue weighted by molar-refractivity contribution is 7.22. The van der Waals surface area contributed by atoms with E-state index >= 15 is 0 Å². The Bertz CT molecular complexity index is 1350. The lowest BCUT2D eigenvalue weighted by atomic mass is 10.1. The van der Waals surface area contributed by atoms with Crippen LogP contribution < -0.4 is 16.0 Å². The predicted molar refractivity (Wildman–Crippen MR) is 142 cm³/mol. The summed E-state index contributed by atoms with van der Waals surface area (Å²) >= 11 is 1.39. The van der Waals surface area contributed by atoms with Crippen LogP contribution in [-0.4, -0.2) is 48.0 Å². The molecule has 5 rings (SSSR count). The number of nitrogens with one attached hydrogen (secondary N) is 3. The molecule has 180 valence electrons. The molecule has 1 aliphatic heterocycles. The van der Waals surface area contributed by atoms with Crippen LogP contribution in [0.2, 0.25) is 0 Å². The van der Waals surface area contributed by atoms with Crippen LogP contribution in [-0.2, 0) is 6.54 Å². The highest BCUT2D eigenvalue weighted by atomic mass is 32.1. The third kappa shape index (κ3) is 5.78. The summed E-state index contributed by atoms with van der Waals surface area (Å²) in [5.41, 5.74) is 2.58. The molecule has 0 spiro atoms. The molecular formula is C27H29N5O2S. The predicted octanol–water partition coefficient (Wildman–Crippen LogP) is 4.99. The van der Waals surface area contributed by atoms with Gasteiger partial charge in [-0.2, -0.15) is 0 Å². The van der Waals surface area contributed by atoms with Gasteiger partial charge in [0.2, 0.25) is 0 Å². The summed E-state index contributed by atoms with van der Waals surface area (Å²) in [5, 5.41) is 12.3. The normalized spacial score (nSPS) is 13.8. The average molecular weight is 488 g/mol. The van der Waals surface area contributed by atoms with Gasteiger partial charge in [0.1, 0.15) is 0 Å². The van der Waals surface area contributed by atoms with Crippen LogP contribution in [0.15, 0.2) is 60.7 Å². The van der Waals surface area contributed by atoms with E-state index in [0.29, 0.717) is 23.8 Å². The van der Waals surface area contributed by atoms with Gasteiger partial charge in [0, 0.05) is 38.3 Å². The van der Waals surface area contributed by atoms with E-state index in [-0.39, 0.29) is 11.9 Å². The monoisotopic (exact) mass is 487 g/mol. The lowest BCUT2D eigenvalue weighted by Gasteiger charge is -2.26. The maximum Gasteiger partial charge on any atom is 0.323 e. The van der Waals surface area contributed by atoms with Crippen molar-refractivity contribution in [3.63, 3.8) is 0 Å². The van der Waals surface area contributed by atoms with Crippen molar-refractivity contribution in [2.75, 3.05) is 31.5 Å². The van der Waals surface area contributed by atoms with Gasteiger partial charge in [-0.15, -0.1) is 0 Å². The van der Waals surface area contributed by atoms with Gasteiger partial charge in [-0.3, -0.25) is 10.1 Å². The first-order valence-electron chi connectivity index (χ1n) is 12.1. The van der Waals surface area contributed by atoms with E-state index in [1.807, 2.05) is 29.2 Å². The molecule has 3 amide bonds. The summed E-state index contributed by atoms with van der Waals surface area (Å²) in [6, 6.07) is 20.1. The number of carbonyl (C=O) groups excluding carboxylic acids is 2. The van der Waals surface area contributed by atoms with Crippen LogP contribution in [0.5, 0.6) is 0 Å². The fourth-order valence-corrected chi connectivity index (χ4v) is 5.23. The van der Waals surface area contributed by atoms with Gasteiger partial charge in [-0.1, -0.05) is 47.7 Å². The number of benzene rings is 3.